The van der Waals surface area contributed by atoms with E-state index < -0.39 is 5.97 Å². The second-order valence-corrected chi connectivity index (χ2v) is 4.99. The SMILES string of the molecule is O=C(OCC(=O)N1CCOCC1)c1ccc(Br)cc1. The fourth-order valence-corrected chi connectivity index (χ4v) is 1.96. The van der Waals surface area contributed by atoms with Crippen molar-refractivity contribution in [2.45, 2.75) is 0 Å². The predicted molar refractivity (Wildman–Crippen MR) is 71.8 cm³/mol. The number of amides is 1. The highest BCUT2D eigenvalue weighted by Crippen LogP contribution is 2.11. The largest absolute Gasteiger partial charge is 0.452 e. The lowest BCUT2D eigenvalue weighted by atomic mass is 10.2. The molecule has 102 valence electrons. The molecule has 0 bridgehead atoms. The van der Waals surface area contributed by atoms with Gasteiger partial charge in [-0.15, -0.1) is 0 Å². The van der Waals surface area contributed by atoms with Crippen molar-refractivity contribution in [1.82, 2.24) is 4.90 Å². The Hall–Kier alpha value is -1.40. The second kappa shape index (κ2) is 6.68. The molecule has 1 aromatic rings. The van der Waals surface area contributed by atoms with Crippen LogP contribution in [0.1, 0.15) is 10.4 Å². The number of hydrogen-bond donors (Lipinski definition) is 0. The quantitative estimate of drug-likeness (QED) is 0.789. The number of nitrogens with zero attached hydrogens (tertiary/aromatic N) is 1. The molecule has 1 saturated heterocycles. The first-order valence-electron chi connectivity index (χ1n) is 5.95. The maximum atomic E-state index is 11.8. The highest BCUT2D eigenvalue weighted by atomic mass is 79.9. The molecule has 2 rings (SSSR count). The van der Waals surface area contributed by atoms with Crippen LogP contribution in [0.4, 0.5) is 0 Å². The smallest absolute Gasteiger partial charge is 0.338 e. The molecule has 6 heteroatoms. The average Bonchev–Trinajstić information content (AvgIpc) is 2.46. The van der Waals surface area contributed by atoms with E-state index in [2.05, 4.69) is 15.9 Å². The van der Waals surface area contributed by atoms with E-state index in [-0.39, 0.29) is 12.5 Å². The van der Waals surface area contributed by atoms with Crippen LogP contribution in [0.2, 0.25) is 0 Å². The lowest BCUT2D eigenvalue weighted by molar-refractivity contribution is -0.138. The summed E-state index contributed by atoms with van der Waals surface area (Å²) in [6, 6.07) is 6.79. The molecule has 1 amide bonds. The number of morpholine rings is 1. The van der Waals surface area contributed by atoms with Gasteiger partial charge in [0.05, 0.1) is 18.8 Å². The highest BCUT2D eigenvalue weighted by Gasteiger charge is 2.18. The zero-order valence-corrected chi connectivity index (χ0v) is 11.9. The van der Waals surface area contributed by atoms with Gasteiger partial charge >= 0.3 is 5.97 Å². The minimum absolute atomic E-state index is 0.186. The van der Waals surface area contributed by atoms with Crippen LogP contribution < -0.4 is 0 Å². The zero-order valence-electron chi connectivity index (χ0n) is 10.3. The molecule has 0 radical (unpaired) electrons. The molecule has 1 aliphatic heterocycles. The molecular weight excluding hydrogens is 314 g/mol. The zero-order chi connectivity index (χ0) is 13.7. The first-order chi connectivity index (χ1) is 9.16. The number of hydrogen-bond acceptors (Lipinski definition) is 4. The van der Waals surface area contributed by atoms with Gasteiger partial charge in [-0.25, -0.2) is 4.79 Å². The van der Waals surface area contributed by atoms with Gasteiger partial charge < -0.3 is 14.4 Å². The van der Waals surface area contributed by atoms with Crippen LogP contribution in [0.3, 0.4) is 0 Å². The molecule has 1 aromatic carbocycles. The minimum atomic E-state index is -0.492. The minimum Gasteiger partial charge on any atom is -0.452 e. The summed E-state index contributed by atoms with van der Waals surface area (Å²) in [7, 11) is 0. The molecule has 0 saturated carbocycles. The Bertz CT molecular complexity index is 454. The Morgan fingerprint density at radius 2 is 1.84 bits per heavy atom. The summed E-state index contributed by atoms with van der Waals surface area (Å²) in [5.74, 6) is -0.678. The van der Waals surface area contributed by atoms with E-state index >= 15 is 0 Å². The van der Waals surface area contributed by atoms with E-state index in [0.29, 0.717) is 31.9 Å². The van der Waals surface area contributed by atoms with E-state index in [4.69, 9.17) is 9.47 Å². The normalized spacial score (nSPS) is 15.1. The van der Waals surface area contributed by atoms with Gasteiger partial charge in [0.2, 0.25) is 0 Å². The lowest BCUT2D eigenvalue weighted by Gasteiger charge is -2.26. The topological polar surface area (TPSA) is 55.8 Å². The van der Waals surface area contributed by atoms with Gasteiger partial charge in [-0.3, -0.25) is 4.79 Å². The van der Waals surface area contributed by atoms with Crippen molar-refractivity contribution >= 4 is 27.8 Å². The molecule has 1 fully saturated rings. The number of rotatable bonds is 3. The van der Waals surface area contributed by atoms with E-state index in [1.165, 1.54) is 0 Å². The van der Waals surface area contributed by atoms with Crippen molar-refractivity contribution in [1.29, 1.82) is 0 Å². The Morgan fingerprint density at radius 1 is 1.21 bits per heavy atom. The molecular formula is C13H14BrNO4. The van der Waals surface area contributed by atoms with E-state index in [1.807, 2.05) is 0 Å². The molecule has 0 unspecified atom stereocenters. The van der Waals surface area contributed by atoms with Crippen LogP contribution in [-0.2, 0) is 14.3 Å². The summed E-state index contributed by atoms with van der Waals surface area (Å²) >= 11 is 3.28. The van der Waals surface area contributed by atoms with Gasteiger partial charge in [-0.05, 0) is 24.3 Å². The summed E-state index contributed by atoms with van der Waals surface area (Å²) in [6.45, 7) is 1.94. The van der Waals surface area contributed by atoms with Gasteiger partial charge in [-0.1, -0.05) is 15.9 Å². The molecule has 1 aliphatic rings. The van der Waals surface area contributed by atoms with Gasteiger partial charge in [0.1, 0.15) is 0 Å². The van der Waals surface area contributed by atoms with Crippen molar-refractivity contribution in [3.8, 4) is 0 Å². The third-order valence-corrected chi connectivity index (χ3v) is 3.30. The first-order valence-corrected chi connectivity index (χ1v) is 6.74. The fourth-order valence-electron chi connectivity index (χ4n) is 1.70. The van der Waals surface area contributed by atoms with E-state index in [9.17, 15) is 9.59 Å². The van der Waals surface area contributed by atoms with E-state index in [1.54, 1.807) is 29.2 Å². The number of carbonyl (C=O) groups excluding carboxylic acids is 2. The summed E-state index contributed by atoms with van der Waals surface area (Å²) in [5, 5.41) is 0. The van der Waals surface area contributed by atoms with Gasteiger partial charge in [0.15, 0.2) is 6.61 Å². The maximum absolute atomic E-state index is 11.8. The second-order valence-electron chi connectivity index (χ2n) is 4.08. The van der Waals surface area contributed by atoms with Gasteiger partial charge in [0.25, 0.3) is 5.91 Å². The summed E-state index contributed by atoms with van der Waals surface area (Å²) in [6.07, 6.45) is 0. The third kappa shape index (κ3) is 4.04. The highest BCUT2D eigenvalue weighted by molar-refractivity contribution is 9.10. The molecule has 0 aromatic heterocycles. The first kappa shape index (κ1) is 14.0. The van der Waals surface area contributed by atoms with Crippen molar-refractivity contribution in [2.24, 2.45) is 0 Å². The van der Waals surface area contributed by atoms with Crippen LogP contribution in [0.5, 0.6) is 0 Å². The monoisotopic (exact) mass is 327 g/mol. The van der Waals surface area contributed by atoms with Crippen molar-refractivity contribution in [3.63, 3.8) is 0 Å². The lowest BCUT2D eigenvalue weighted by Crippen LogP contribution is -2.42. The van der Waals surface area contributed by atoms with Crippen LogP contribution in [-0.4, -0.2) is 49.7 Å². The summed E-state index contributed by atoms with van der Waals surface area (Å²) in [4.78, 5) is 25.1. The number of ether oxygens (including phenoxy) is 2. The number of benzene rings is 1. The van der Waals surface area contributed by atoms with Crippen molar-refractivity contribution < 1.29 is 19.1 Å². The maximum Gasteiger partial charge on any atom is 0.338 e. The Balaban J connectivity index is 1.82. The van der Waals surface area contributed by atoms with Crippen LogP contribution in [0, 0.1) is 0 Å². The van der Waals surface area contributed by atoms with Gasteiger partial charge in [-0.2, -0.15) is 0 Å². The summed E-state index contributed by atoms with van der Waals surface area (Å²) < 4.78 is 11.0. The van der Waals surface area contributed by atoms with Crippen LogP contribution in [0.25, 0.3) is 0 Å². The molecule has 0 atom stereocenters. The van der Waals surface area contributed by atoms with Crippen molar-refractivity contribution in [3.05, 3.63) is 34.3 Å². The molecule has 0 spiro atoms. The Kier molecular flexibility index (Phi) is 4.93. The molecule has 0 N–H and O–H groups in total. The fraction of sp³-hybridized carbons (Fsp3) is 0.385. The number of halogens is 1. The predicted octanol–water partition coefficient (Wildman–Crippen LogP) is 1.46. The molecule has 1 heterocycles. The van der Waals surface area contributed by atoms with Gasteiger partial charge in [0, 0.05) is 17.6 Å². The molecule has 0 aliphatic carbocycles. The van der Waals surface area contributed by atoms with E-state index in [0.717, 1.165) is 4.47 Å². The molecule has 19 heavy (non-hydrogen) atoms. The summed E-state index contributed by atoms with van der Waals surface area (Å²) in [5.41, 5.74) is 0.429. The Labute approximate surface area is 119 Å². The van der Waals surface area contributed by atoms with Crippen molar-refractivity contribution in [2.75, 3.05) is 32.9 Å². The standard InChI is InChI=1S/C13H14BrNO4/c14-11-3-1-10(2-4-11)13(17)19-9-12(16)15-5-7-18-8-6-15/h1-4H,5-9H2. The third-order valence-electron chi connectivity index (χ3n) is 2.77. The average molecular weight is 328 g/mol. The number of carbonyl (C=O) groups is 2. The number of esters is 1. The van der Waals surface area contributed by atoms with Crippen LogP contribution in [0.15, 0.2) is 28.7 Å². The molecule has 5 nitrogen and oxygen atoms in total. The van der Waals surface area contributed by atoms with Crippen LogP contribution >= 0.6 is 15.9 Å². The Morgan fingerprint density at radius 3 is 2.47 bits per heavy atom.